The third kappa shape index (κ3) is 4.10. The number of nitrogens with one attached hydrogen (secondary N) is 1. The lowest BCUT2D eigenvalue weighted by atomic mass is 10.0. The van der Waals surface area contributed by atoms with Crippen LogP contribution in [-0.2, 0) is 6.54 Å². The Hall–Kier alpha value is -1.99. The molecule has 1 aliphatic rings. The van der Waals surface area contributed by atoms with Crippen molar-refractivity contribution in [2.75, 3.05) is 13.2 Å². The van der Waals surface area contributed by atoms with E-state index in [2.05, 4.69) is 20.4 Å². The fraction of sp³-hybridized carbons (Fsp3) is 0.588. The Labute approximate surface area is 141 Å². The summed E-state index contributed by atoms with van der Waals surface area (Å²) < 4.78 is 10.7. The summed E-state index contributed by atoms with van der Waals surface area (Å²) in [4.78, 5) is 8.47. The Morgan fingerprint density at radius 1 is 1.38 bits per heavy atom. The molecule has 2 aromatic heterocycles. The van der Waals surface area contributed by atoms with Crippen molar-refractivity contribution in [3.63, 3.8) is 0 Å². The monoisotopic (exact) mass is 332 g/mol. The van der Waals surface area contributed by atoms with E-state index >= 15 is 0 Å². The van der Waals surface area contributed by atoms with E-state index in [-0.39, 0.29) is 17.9 Å². The standard InChI is InChI=1S/C17H24N4O3/c1-3-23-15-4-12(8-19-10-15)7-18-9-14-5-13(6-16(14)22)17-20-11(2)21-24-17/h4,8,10,13-14,16,18,22H,3,5-7,9H2,1-2H3/t13-,14+,16+/m0/s1. The van der Waals surface area contributed by atoms with Crippen LogP contribution in [0.2, 0.25) is 0 Å². The highest BCUT2D eigenvalue weighted by molar-refractivity contribution is 5.23. The van der Waals surface area contributed by atoms with Crippen molar-refractivity contribution in [1.29, 1.82) is 0 Å². The van der Waals surface area contributed by atoms with Gasteiger partial charge < -0.3 is 19.7 Å². The van der Waals surface area contributed by atoms with Gasteiger partial charge in [0.05, 0.1) is 18.9 Å². The van der Waals surface area contributed by atoms with Crippen LogP contribution in [-0.4, -0.2) is 39.5 Å². The van der Waals surface area contributed by atoms with Crippen molar-refractivity contribution >= 4 is 0 Å². The lowest BCUT2D eigenvalue weighted by Crippen LogP contribution is -2.27. The number of aryl methyl sites for hydroxylation is 1. The van der Waals surface area contributed by atoms with E-state index in [0.29, 0.717) is 31.3 Å². The Balaban J connectivity index is 1.49. The number of hydrogen-bond donors (Lipinski definition) is 2. The molecule has 7 heteroatoms. The summed E-state index contributed by atoms with van der Waals surface area (Å²) in [6.45, 7) is 5.82. The molecule has 1 aliphatic carbocycles. The highest BCUT2D eigenvalue weighted by Gasteiger charge is 2.36. The molecule has 1 fully saturated rings. The van der Waals surface area contributed by atoms with Crippen molar-refractivity contribution in [2.45, 2.75) is 45.3 Å². The molecule has 0 radical (unpaired) electrons. The SMILES string of the molecule is CCOc1cncc(CNC[C@H]2C[C@H](c3nc(C)no3)C[C@H]2O)c1. The second-order valence-electron chi connectivity index (χ2n) is 6.27. The maximum Gasteiger partial charge on any atom is 0.229 e. The van der Waals surface area contributed by atoms with Gasteiger partial charge in [0.15, 0.2) is 5.82 Å². The maximum atomic E-state index is 10.3. The smallest absolute Gasteiger partial charge is 0.229 e. The van der Waals surface area contributed by atoms with Crippen molar-refractivity contribution in [3.8, 4) is 5.75 Å². The molecule has 2 heterocycles. The first-order chi connectivity index (χ1) is 11.7. The molecule has 0 amide bonds. The second-order valence-corrected chi connectivity index (χ2v) is 6.27. The van der Waals surface area contributed by atoms with Gasteiger partial charge in [-0.05, 0) is 44.2 Å². The van der Waals surface area contributed by atoms with E-state index in [0.717, 1.165) is 24.3 Å². The van der Waals surface area contributed by atoms with E-state index in [1.165, 1.54) is 0 Å². The van der Waals surface area contributed by atoms with Crippen LogP contribution in [0.25, 0.3) is 0 Å². The first-order valence-corrected chi connectivity index (χ1v) is 8.41. The topological polar surface area (TPSA) is 93.3 Å². The van der Waals surface area contributed by atoms with Gasteiger partial charge in [0.1, 0.15) is 5.75 Å². The largest absolute Gasteiger partial charge is 0.492 e. The summed E-state index contributed by atoms with van der Waals surface area (Å²) in [7, 11) is 0. The third-order valence-corrected chi connectivity index (χ3v) is 4.37. The van der Waals surface area contributed by atoms with E-state index in [4.69, 9.17) is 9.26 Å². The zero-order valence-corrected chi connectivity index (χ0v) is 14.1. The second kappa shape index (κ2) is 7.72. The molecule has 3 atom stereocenters. The molecule has 1 saturated carbocycles. The maximum absolute atomic E-state index is 10.3. The number of ether oxygens (including phenoxy) is 1. The molecule has 0 unspecified atom stereocenters. The van der Waals surface area contributed by atoms with Gasteiger partial charge in [0.25, 0.3) is 0 Å². The highest BCUT2D eigenvalue weighted by Crippen LogP contribution is 2.37. The fourth-order valence-electron chi connectivity index (χ4n) is 3.21. The van der Waals surface area contributed by atoms with Gasteiger partial charge in [-0.3, -0.25) is 4.98 Å². The predicted octanol–water partition coefficient (Wildman–Crippen LogP) is 1.82. The van der Waals surface area contributed by atoms with E-state index in [1.807, 2.05) is 26.1 Å². The van der Waals surface area contributed by atoms with Crippen molar-refractivity contribution in [3.05, 3.63) is 35.7 Å². The van der Waals surface area contributed by atoms with Crippen LogP contribution in [0.15, 0.2) is 23.0 Å². The van der Waals surface area contributed by atoms with Gasteiger partial charge in [0, 0.05) is 25.2 Å². The minimum Gasteiger partial charge on any atom is -0.492 e. The lowest BCUT2D eigenvalue weighted by molar-refractivity contribution is 0.130. The Morgan fingerprint density at radius 3 is 3.00 bits per heavy atom. The van der Waals surface area contributed by atoms with Crippen LogP contribution >= 0.6 is 0 Å². The normalized spacial score (nSPS) is 23.5. The molecule has 3 rings (SSSR count). The van der Waals surface area contributed by atoms with Gasteiger partial charge in [-0.2, -0.15) is 4.98 Å². The third-order valence-electron chi connectivity index (χ3n) is 4.37. The number of hydrogen-bond acceptors (Lipinski definition) is 7. The molecule has 0 spiro atoms. The summed E-state index contributed by atoms with van der Waals surface area (Å²) in [6.07, 6.45) is 4.72. The summed E-state index contributed by atoms with van der Waals surface area (Å²) in [5, 5.41) is 17.5. The van der Waals surface area contributed by atoms with E-state index in [1.54, 1.807) is 6.20 Å². The van der Waals surface area contributed by atoms with E-state index < -0.39 is 0 Å². The number of aliphatic hydroxyl groups excluding tert-OH is 1. The van der Waals surface area contributed by atoms with Crippen molar-refractivity contribution in [2.24, 2.45) is 5.92 Å². The average molecular weight is 332 g/mol. The lowest BCUT2D eigenvalue weighted by Gasteiger charge is -2.15. The Kier molecular flexibility index (Phi) is 5.42. The summed E-state index contributed by atoms with van der Waals surface area (Å²) in [5.74, 6) is 2.40. The number of aromatic nitrogens is 3. The quantitative estimate of drug-likeness (QED) is 0.798. The van der Waals surface area contributed by atoms with Crippen molar-refractivity contribution < 1.29 is 14.4 Å². The summed E-state index contributed by atoms with van der Waals surface area (Å²) in [6, 6.07) is 1.98. The van der Waals surface area contributed by atoms with E-state index in [9.17, 15) is 5.11 Å². The van der Waals surface area contributed by atoms with Gasteiger partial charge in [0.2, 0.25) is 5.89 Å². The fourth-order valence-corrected chi connectivity index (χ4v) is 3.21. The van der Waals surface area contributed by atoms with Crippen molar-refractivity contribution in [1.82, 2.24) is 20.4 Å². The number of aliphatic hydroxyl groups is 1. The molecule has 7 nitrogen and oxygen atoms in total. The summed E-state index contributed by atoms with van der Waals surface area (Å²) in [5.41, 5.74) is 1.07. The van der Waals surface area contributed by atoms with Gasteiger partial charge >= 0.3 is 0 Å². The minimum absolute atomic E-state index is 0.149. The first kappa shape index (κ1) is 16.9. The van der Waals surface area contributed by atoms with Gasteiger partial charge in [-0.1, -0.05) is 5.16 Å². The number of pyridine rings is 1. The summed E-state index contributed by atoms with van der Waals surface area (Å²) >= 11 is 0. The number of rotatable bonds is 7. The van der Waals surface area contributed by atoms with Crippen LogP contribution < -0.4 is 10.1 Å². The Bertz CT molecular complexity index is 661. The van der Waals surface area contributed by atoms with Gasteiger partial charge in [-0.15, -0.1) is 0 Å². The predicted molar refractivity (Wildman–Crippen MR) is 87.6 cm³/mol. The zero-order chi connectivity index (χ0) is 16.9. The number of nitrogens with zero attached hydrogens (tertiary/aromatic N) is 3. The highest BCUT2D eigenvalue weighted by atomic mass is 16.5. The molecular weight excluding hydrogens is 308 g/mol. The van der Waals surface area contributed by atoms with Crippen LogP contribution in [0, 0.1) is 12.8 Å². The zero-order valence-electron chi connectivity index (χ0n) is 14.1. The van der Waals surface area contributed by atoms with Crippen LogP contribution in [0.1, 0.15) is 43.0 Å². The van der Waals surface area contributed by atoms with Crippen LogP contribution in [0.4, 0.5) is 0 Å². The molecule has 0 aromatic carbocycles. The Morgan fingerprint density at radius 2 is 2.25 bits per heavy atom. The average Bonchev–Trinajstić information content (AvgIpc) is 3.15. The molecule has 0 bridgehead atoms. The molecule has 130 valence electrons. The minimum atomic E-state index is -0.345. The van der Waals surface area contributed by atoms with Crippen LogP contribution in [0.3, 0.4) is 0 Å². The molecule has 2 N–H and O–H groups in total. The molecular formula is C17H24N4O3. The van der Waals surface area contributed by atoms with Gasteiger partial charge in [-0.25, -0.2) is 0 Å². The molecule has 0 aliphatic heterocycles. The molecule has 24 heavy (non-hydrogen) atoms. The van der Waals surface area contributed by atoms with Crippen LogP contribution in [0.5, 0.6) is 5.75 Å². The first-order valence-electron chi connectivity index (χ1n) is 8.41. The molecule has 2 aromatic rings. The molecule has 0 saturated heterocycles.